The van der Waals surface area contributed by atoms with Crippen LogP contribution in [0.3, 0.4) is 0 Å². The lowest BCUT2D eigenvalue weighted by atomic mass is 10.2. The molecule has 2 aromatic heterocycles. The summed E-state index contributed by atoms with van der Waals surface area (Å²) in [4.78, 5) is 16.8. The molecule has 3 heterocycles. The van der Waals surface area contributed by atoms with E-state index in [1.54, 1.807) is 6.07 Å². The Bertz CT molecular complexity index is 967. The highest BCUT2D eigenvalue weighted by Crippen LogP contribution is 2.38. The van der Waals surface area contributed by atoms with Crippen LogP contribution in [0.1, 0.15) is 21.6 Å². The van der Waals surface area contributed by atoms with Gasteiger partial charge in [-0.2, -0.15) is 0 Å². The number of carbonyl (C=O) groups excluding carboxylic acids is 1. The predicted octanol–water partition coefficient (Wildman–Crippen LogP) is 3.42. The molecule has 1 aliphatic heterocycles. The number of carbonyl (C=O) groups is 1. The highest BCUT2D eigenvalue weighted by Gasteiger charge is 2.20. The molecule has 0 N–H and O–H groups in total. The van der Waals surface area contributed by atoms with Crippen LogP contribution in [0.5, 0.6) is 11.5 Å². The van der Waals surface area contributed by atoms with Crippen LogP contribution >= 0.6 is 11.6 Å². The summed E-state index contributed by atoms with van der Waals surface area (Å²) < 4.78 is 18.2. The summed E-state index contributed by atoms with van der Waals surface area (Å²) in [6, 6.07) is 7.02. The first kappa shape index (κ1) is 15.8. The third kappa shape index (κ3) is 3.00. The van der Waals surface area contributed by atoms with Crippen molar-refractivity contribution in [3.05, 3.63) is 58.5 Å². The molecule has 0 saturated carbocycles. The molecule has 25 heavy (non-hydrogen) atoms. The van der Waals surface area contributed by atoms with Crippen molar-refractivity contribution in [2.75, 3.05) is 13.2 Å². The van der Waals surface area contributed by atoms with Gasteiger partial charge in [-0.05, 0) is 30.7 Å². The second-order valence-corrected chi connectivity index (χ2v) is 6.12. The van der Waals surface area contributed by atoms with Crippen LogP contribution in [0.25, 0.3) is 5.65 Å². The van der Waals surface area contributed by atoms with Crippen molar-refractivity contribution in [1.29, 1.82) is 0 Å². The number of aromatic nitrogens is 2. The number of pyridine rings is 1. The maximum absolute atomic E-state index is 12.3. The fourth-order valence-corrected chi connectivity index (χ4v) is 2.99. The quantitative estimate of drug-likeness (QED) is 0.671. The van der Waals surface area contributed by atoms with E-state index in [1.165, 1.54) is 6.07 Å². The minimum Gasteiger partial charge on any atom is -0.486 e. The highest BCUT2D eigenvalue weighted by atomic mass is 35.5. The molecule has 0 radical (unpaired) electrons. The molecular formula is C18H15ClN2O4. The molecule has 0 spiro atoms. The number of imidazole rings is 1. The second kappa shape index (κ2) is 6.29. The van der Waals surface area contributed by atoms with E-state index in [4.69, 9.17) is 25.8 Å². The highest BCUT2D eigenvalue weighted by molar-refractivity contribution is 6.32. The first-order valence-corrected chi connectivity index (χ1v) is 8.19. The van der Waals surface area contributed by atoms with Gasteiger partial charge in [-0.3, -0.25) is 0 Å². The Kier molecular flexibility index (Phi) is 3.97. The minimum atomic E-state index is -0.493. The van der Waals surface area contributed by atoms with Crippen LogP contribution in [0.2, 0.25) is 5.02 Å². The molecule has 3 aromatic rings. The van der Waals surface area contributed by atoms with Crippen LogP contribution < -0.4 is 9.47 Å². The van der Waals surface area contributed by atoms with Gasteiger partial charge in [-0.15, -0.1) is 0 Å². The molecule has 1 aliphatic rings. The number of hydrogen-bond acceptors (Lipinski definition) is 5. The number of esters is 1. The Balaban J connectivity index is 1.52. The van der Waals surface area contributed by atoms with Crippen molar-refractivity contribution in [1.82, 2.24) is 9.38 Å². The van der Waals surface area contributed by atoms with Crippen molar-refractivity contribution >= 4 is 23.2 Å². The van der Waals surface area contributed by atoms with E-state index in [1.807, 2.05) is 35.9 Å². The van der Waals surface area contributed by atoms with Gasteiger partial charge in [-0.25, -0.2) is 9.78 Å². The largest absolute Gasteiger partial charge is 0.486 e. The van der Waals surface area contributed by atoms with Gasteiger partial charge < -0.3 is 18.6 Å². The zero-order valence-electron chi connectivity index (χ0n) is 13.5. The number of ether oxygens (including phenoxy) is 3. The monoisotopic (exact) mass is 358 g/mol. The normalized spacial score (nSPS) is 13.0. The average Bonchev–Trinajstić information content (AvgIpc) is 3.04. The van der Waals surface area contributed by atoms with Crippen LogP contribution in [0, 0.1) is 6.92 Å². The first-order valence-electron chi connectivity index (χ1n) is 7.81. The Morgan fingerprint density at radius 1 is 1.36 bits per heavy atom. The maximum Gasteiger partial charge on any atom is 0.338 e. The van der Waals surface area contributed by atoms with Crippen molar-refractivity contribution < 1.29 is 19.0 Å². The van der Waals surface area contributed by atoms with Gasteiger partial charge in [0.05, 0.1) is 16.3 Å². The molecule has 0 atom stereocenters. The fraction of sp³-hybridized carbons (Fsp3) is 0.222. The van der Waals surface area contributed by atoms with Gasteiger partial charge in [0.1, 0.15) is 25.5 Å². The van der Waals surface area contributed by atoms with Crippen LogP contribution in [0.4, 0.5) is 0 Å². The van der Waals surface area contributed by atoms with Gasteiger partial charge in [0.2, 0.25) is 0 Å². The molecular weight excluding hydrogens is 344 g/mol. The van der Waals surface area contributed by atoms with Gasteiger partial charge in [0, 0.05) is 12.4 Å². The number of aryl methyl sites for hydroxylation is 1. The lowest BCUT2D eigenvalue weighted by molar-refractivity contribution is 0.0467. The number of nitrogens with zero attached hydrogens (tertiary/aromatic N) is 2. The van der Waals surface area contributed by atoms with E-state index in [0.717, 1.165) is 11.2 Å². The van der Waals surface area contributed by atoms with Crippen molar-refractivity contribution in [2.45, 2.75) is 13.5 Å². The lowest BCUT2D eigenvalue weighted by Gasteiger charge is -2.19. The standard InChI is InChI=1S/C18H15ClN2O4/c1-11-3-2-4-21-9-13(20-17(11)21)10-25-18(22)12-7-14(19)16-15(8-12)23-5-6-24-16/h2-4,7-9H,5-6,10H2,1H3. The van der Waals surface area contributed by atoms with Gasteiger partial charge in [0.15, 0.2) is 11.5 Å². The molecule has 0 unspecified atom stereocenters. The van der Waals surface area contributed by atoms with E-state index >= 15 is 0 Å². The topological polar surface area (TPSA) is 62.1 Å². The lowest BCUT2D eigenvalue weighted by Crippen LogP contribution is -2.16. The summed E-state index contributed by atoms with van der Waals surface area (Å²) in [7, 11) is 0. The first-order chi connectivity index (χ1) is 12.1. The third-order valence-corrected chi connectivity index (χ3v) is 4.19. The molecule has 0 fully saturated rings. The van der Waals surface area contributed by atoms with Crippen LogP contribution in [-0.4, -0.2) is 28.6 Å². The number of benzene rings is 1. The summed E-state index contributed by atoms with van der Waals surface area (Å²) in [6.45, 7) is 2.91. The molecule has 6 nitrogen and oxygen atoms in total. The number of halogens is 1. The summed E-state index contributed by atoms with van der Waals surface area (Å²) in [5.41, 5.74) is 2.88. The Hall–Kier alpha value is -2.73. The van der Waals surface area contributed by atoms with E-state index in [2.05, 4.69) is 4.98 Å². The van der Waals surface area contributed by atoms with E-state index < -0.39 is 5.97 Å². The SMILES string of the molecule is Cc1cccn2cc(COC(=O)c3cc(Cl)c4c(c3)OCCO4)nc12. The molecule has 0 saturated heterocycles. The van der Waals surface area contributed by atoms with E-state index in [9.17, 15) is 4.79 Å². The summed E-state index contributed by atoms with van der Waals surface area (Å²) >= 11 is 6.15. The van der Waals surface area contributed by atoms with Crippen LogP contribution in [0.15, 0.2) is 36.7 Å². The molecule has 0 amide bonds. The Morgan fingerprint density at radius 2 is 2.20 bits per heavy atom. The smallest absolute Gasteiger partial charge is 0.338 e. The molecule has 128 valence electrons. The van der Waals surface area contributed by atoms with E-state index in [-0.39, 0.29) is 6.61 Å². The number of fused-ring (bicyclic) bond motifs is 2. The van der Waals surface area contributed by atoms with Gasteiger partial charge >= 0.3 is 5.97 Å². The average molecular weight is 359 g/mol. The van der Waals surface area contributed by atoms with Crippen molar-refractivity contribution in [3.8, 4) is 11.5 Å². The molecule has 0 aliphatic carbocycles. The number of hydrogen-bond donors (Lipinski definition) is 0. The fourth-order valence-electron chi connectivity index (χ4n) is 2.73. The Morgan fingerprint density at radius 3 is 3.04 bits per heavy atom. The van der Waals surface area contributed by atoms with Crippen LogP contribution in [-0.2, 0) is 11.3 Å². The van der Waals surface area contributed by atoms with Crippen molar-refractivity contribution in [3.63, 3.8) is 0 Å². The zero-order chi connectivity index (χ0) is 17.4. The molecule has 4 rings (SSSR count). The summed E-state index contributed by atoms with van der Waals surface area (Å²) in [5, 5.41) is 0.326. The predicted molar refractivity (Wildman–Crippen MR) is 91.5 cm³/mol. The number of rotatable bonds is 3. The summed E-state index contributed by atoms with van der Waals surface area (Å²) in [5.74, 6) is 0.419. The second-order valence-electron chi connectivity index (χ2n) is 5.71. The Labute approximate surface area is 148 Å². The molecule has 7 heteroatoms. The van der Waals surface area contributed by atoms with E-state index in [0.29, 0.717) is 41.0 Å². The minimum absolute atomic E-state index is 0.0754. The van der Waals surface area contributed by atoms with Gasteiger partial charge in [0.25, 0.3) is 0 Å². The third-order valence-electron chi connectivity index (χ3n) is 3.91. The van der Waals surface area contributed by atoms with Crippen molar-refractivity contribution in [2.24, 2.45) is 0 Å². The maximum atomic E-state index is 12.3. The zero-order valence-corrected chi connectivity index (χ0v) is 14.2. The molecule has 0 bridgehead atoms. The summed E-state index contributed by atoms with van der Waals surface area (Å²) in [6.07, 6.45) is 3.74. The van der Waals surface area contributed by atoms with Gasteiger partial charge in [-0.1, -0.05) is 17.7 Å². The molecule has 1 aromatic carbocycles.